The molecule has 3 aliphatic rings. The first-order valence-electron chi connectivity index (χ1n) is 13.1. The average molecular weight is 501 g/mol. The van der Waals surface area contributed by atoms with Crippen LogP contribution in [0.25, 0.3) is 0 Å². The Morgan fingerprint density at radius 1 is 0.838 bits per heavy atom. The largest absolute Gasteiger partial charge is 0.497 e. The molecule has 0 aromatic heterocycles. The molecule has 0 N–H and O–H groups in total. The van der Waals surface area contributed by atoms with Crippen LogP contribution in [0.1, 0.15) is 5.56 Å². The van der Waals surface area contributed by atoms with Crippen molar-refractivity contribution in [2.75, 3.05) is 67.6 Å². The van der Waals surface area contributed by atoms with Gasteiger partial charge in [0.2, 0.25) is 5.91 Å². The maximum Gasteiger partial charge on any atom is 0.228 e. The Hall–Kier alpha value is -3.74. The quantitative estimate of drug-likeness (QED) is 0.541. The first-order chi connectivity index (χ1) is 18.1. The van der Waals surface area contributed by atoms with Crippen LogP contribution in [0.5, 0.6) is 5.75 Å². The highest BCUT2D eigenvalue weighted by Gasteiger charge is 2.43. The minimum atomic E-state index is -0.208. The molecule has 3 heterocycles. The van der Waals surface area contributed by atoms with Gasteiger partial charge in [-0.25, -0.2) is 4.39 Å². The van der Waals surface area contributed by atoms with Crippen LogP contribution in [-0.2, 0) is 11.2 Å². The van der Waals surface area contributed by atoms with Gasteiger partial charge in [0.15, 0.2) is 0 Å². The number of amides is 1. The summed E-state index contributed by atoms with van der Waals surface area (Å²) in [6, 6.07) is 23.7. The summed E-state index contributed by atoms with van der Waals surface area (Å²) in [5.74, 6) is 0.712. The smallest absolute Gasteiger partial charge is 0.228 e. The van der Waals surface area contributed by atoms with Crippen LogP contribution >= 0.6 is 0 Å². The molecule has 6 nitrogen and oxygen atoms in total. The van der Waals surface area contributed by atoms with Crippen molar-refractivity contribution in [1.82, 2.24) is 4.90 Å². The second-order valence-electron chi connectivity index (χ2n) is 10.1. The Morgan fingerprint density at radius 2 is 1.57 bits per heavy atom. The van der Waals surface area contributed by atoms with Gasteiger partial charge in [-0.05, 0) is 42.3 Å². The van der Waals surface area contributed by atoms with Gasteiger partial charge in [-0.1, -0.05) is 36.4 Å². The molecule has 7 heteroatoms. The summed E-state index contributed by atoms with van der Waals surface area (Å²) >= 11 is 0. The number of hydrogen-bond donors (Lipinski definition) is 0. The van der Waals surface area contributed by atoms with Crippen LogP contribution in [0.15, 0.2) is 72.8 Å². The molecule has 0 unspecified atom stereocenters. The van der Waals surface area contributed by atoms with Gasteiger partial charge in [-0.2, -0.15) is 0 Å². The fourth-order valence-corrected chi connectivity index (χ4v) is 6.17. The third-order valence-electron chi connectivity index (χ3n) is 8.15. The van der Waals surface area contributed by atoms with E-state index >= 15 is 0 Å². The number of para-hydroxylation sites is 2. The second-order valence-corrected chi connectivity index (χ2v) is 10.1. The zero-order chi connectivity index (χ0) is 25.4. The number of fused-ring (bicyclic) bond motifs is 3. The molecule has 0 spiro atoms. The number of ether oxygens (including phenoxy) is 1. The molecule has 2 fully saturated rings. The van der Waals surface area contributed by atoms with E-state index in [4.69, 9.17) is 4.74 Å². The van der Waals surface area contributed by atoms with Crippen LogP contribution in [0, 0.1) is 11.7 Å². The SMILES string of the molecule is COc1ccc2c(c1)N1CCN(c3ccccc3)C[C@H]1[C@H](C(=O)N1CCN(c3ccccc3F)CC1)C2. The molecule has 2 atom stereocenters. The number of halogens is 1. The van der Waals surface area contributed by atoms with E-state index in [9.17, 15) is 9.18 Å². The van der Waals surface area contributed by atoms with E-state index in [0.717, 1.165) is 31.8 Å². The van der Waals surface area contributed by atoms with Crippen molar-refractivity contribution in [1.29, 1.82) is 0 Å². The maximum absolute atomic E-state index is 14.3. The highest BCUT2D eigenvalue weighted by atomic mass is 19.1. The third-order valence-corrected chi connectivity index (χ3v) is 8.15. The topological polar surface area (TPSA) is 39.3 Å². The molecule has 0 aliphatic carbocycles. The van der Waals surface area contributed by atoms with E-state index in [1.807, 2.05) is 34.1 Å². The van der Waals surface area contributed by atoms with E-state index in [1.54, 1.807) is 13.2 Å². The number of piperazine rings is 2. The summed E-state index contributed by atoms with van der Waals surface area (Å²) in [6.07, 6.45) is 0.718. The van der Waals surface area contributed by atoms with Crippen molar-refractivity contribution in [3.8, 4) is 5.75 Å². The fourth-order valence-electron chi connectivity index (χ4n) is 6.17. The lowest BCUT2D eigenvalue weighted by Gasteiger charge is -2.50. The molecule has 37 heavy (non-hydrogen) atoms. The Bertz CT molecular complexity index is 1260. The molecule has 0 bridgehead atoms. The standard InChI is InChI=1S/C30H33FN4O2/c1-37-24-12-11-22-19-25(30(36)33-15-13-32(14-16-33)27-10-6-5-9-26(27)31)29-21-34(23-7-3-2-4-8-23)17-18-35(29)28(22)20-24/h2-12,20,25,29H,13-19,21H2,1H3/t25-,29+/m1/s1. The van der Waals surface area contributed by atoms with Crippen LogP contribution in [0.2, 0.25) is 0 Å². The number of nitrogens with zero attached hydrogens (tertiary/aromatic N) is 4. The van der Waals surface area contributed by atoms with Crippen molar-refractivity contribution in [2.24, 2.45) is 5.92 Å². The van der Waals surface area contributed by atoms with Gasteiger partial charge >= 0.3 is 0 Å². The molecule has 1 amide bonds. The zero-order valence-electron chi connectivity index (χ0n) is 21.2. The van der Waals surface area contributed by atoms with Crippen LogP contribution < -0.4 is 19.4 Å². The molecule has 6 rings (SSSR count). The van der Waals surface area contributed by atoms with Gasteiger partial charge < -0.3 is 24.3 Å². The Morgan fingerprint density at radius 3 is 2.32 bits per heavy atom. The lowest BCUT2D eigenvalue weighted by Crippen LogP contribution is -2.62. The van der Waals surface area contributed by atoms with Gasteiger partial charge in [0, 0.05) is 63.3 Å². The molecule has 2 saturated heterocycles. The average Bonchev–Trinajstić information content (AvgIpc) is 2.96. The monoisotopic (exact) mass is 500 g/mol. The van der Waals surface area contributed by atoms with E-state index < -0.39 is 0 Å². The molecular formula is C30H33FN4O2. The summed E-state index contributed by atoms with van der Waals surface area (Å²) in [6.45, 7) is 5.04. The van der Waals surface area contributed by atoms with Gasteiger partial charge in [-0.15, -0.1) is 0 Å². The van der Waals surface area contributed by atoms with Gasteiger partial charge in [0.05, 0.1) is 24.8 Å². The number of rotatable bonds is 4. The first kappa shape index (κ1) is 23.6. The summed E-state index contributed by atoms with van der Waals surface area (Å²) in [7, 11) is 1.70. The number of hydrogen-bond acceptors (Lipinski definition) is 5. The Kier molecular flexibility index (Phi) is 6.37. The highest BCUT2D eigenvalue weighted by molar-refractivity contribution is 5.83. The lowest BCUT2D eigenvalue weighted by molar-refractivity contribution is -0.136. The summed E-state index contributed by atoms with van der Waals surface area (Å²) in [4.78, 5) is 22.9. The number of methoxy groups -OCH3 is 1. The van der Waals surface area contributed by atoms with Crippen LogP contribution in [0.3, 0.4) is 0 Å². The Labute approximate surface area is 217 Å². The van der Waals surface area contributed by atoms with Crippen molar-refractivity contribution >= 4 is 23.0 Å². The van der Waals surface area contributed by atoms with Crippen LogP contribution in [0.4, 0.5) is 21.5 Å². The fraction of sp³-hybridized carbons (Fsp3) is 0.367. The number of carbonyl (C=O) groups excluding carboxylic acids is 1. The number of anilines is 3. The van der Waals surface area contributed by atoms with E-state index in [-0.39, 0.29) is 23.7 Å². The summed E-state index contributed by atoms with van der Waals surface area (Å²) in [5.41, 5.74) is 4.20. The van der Waals surface area contributed by atoms with Crippen molar-refractivity contribution in [3.05, 3.63) is 84.2 Å². The van der Waals surface area contributed by atoms with Crippen molar-refractivity contribution in [2.45, 2.75) is 12.5 Å². The number of benzene rings is 3. The second kappa shape index (κ2) is 9.96. The molecule has 3 aliphatic heterocycles. The van der Waals surface area contributed by atoms with E-state index in [2.05, 4.69) is 46.2 Å². The molecular weight excluding hydrogens is 467 g/mol. The third kappa shape index (κ3) is 4.47. The predicted octanol–water partition coefficient (Wildman–Crippen LogP) is 4.05. The van der Waals surface area contributed by atoms with Crippen LogP contribution in [-0.4, -0.2) is 69.8 Å². The van der Waals surface area contributed by atoms with Crippen molar-refractivity contribution in [3.63, 3.8) is 0 Å². The predicted molar refractivity (Wildman–Crippen MR) is 145 cm³/mol. The van der Waals surface area contributed by atoms with Gasteiger partial charge in [0.1, 0.15) is 11.6 Å². The maximum atomic E-state index is 14.3. The van der Waals surface area contributed by atoms with E-state index in [0.29, 0.717) is 31.9 Å². The summed E-state index contributed by atoms with van der Waals surface area (Å²) < 4.78 is 19.9. The lowest BCUT2D eigenvalue weighted by atomic mass is 9.82. The zero-order valence-corrected chi connectivity index (χ0v) is 21.2. The molecule has 3 aromatic rings. The molecule has 192 valence electrons. The minimum absolute atomic E-state index is 0.0747. The molecule has 3 aromatic carbocycles. The molecule has 0 saturated carbocycles. The van der Waals surface area contributed by atoms with Crippen molar-refractivity contribution < 1.29 is 13.9 Å². The summed E-state index contributed by atoms with van der Waals surface area (Å²) in [5, 5.41) is 0. The number of carbonyl (C=O) groups is 1. The minimum Gasteiger partial charge on any atom is -0.497 e. The van der Waals surface area contributed by atoms with Gasteiger partial charge in [-0.3, -0.25) is 4.79 Å². The highest BCUT2D eigenvalue weighted by Crippen LogP contribution is 2.39. The normalized spacial score (nSPS) is 21.4. The molecule has 0 radical (unpaired) electrons. The first-order valence-corrected chi connectivity index (χ1v) is 13.1. The Balaban J connectivity index is 1.24. The van der Waals surface area contributed by atoms with Gasteiger partial charge in [0.25, 0.3) is 0 Å². The van der Waals surface area contributed by atoms with E-state index in [1.165, 1.54) is 23.0 Å².